The molecule has 45 heavy (non-hydrogen) atoms. The molecule has 0 fully saturated rings. The molecule has 0 amide bonds. The van der Waals surface area contributed by atoms with Gasteiger partial charge in [-0.05, 0) is 85.4 Å². The number of hydrogen-bond donors (Lipinski definition) is 0. The van der Waals surface area contributed by atoms with E-state index in [1.54, 1.807) is 0 Å². The van der Waals surface area contributed by atoms with Crippen LogP contribution in [-0.2, 0) is 6.42 Å². The maximum Gasteiger partial charge on any atom is 0.134 e. The van der Waals surface area contributed by atoms with Gasteiger partial charge in [-0.1, -0.05) is 78.9 Å². The first kappa shape index (κ1) is 25.1. The summed E-state index contributed by atoms with van der Waals surface area (Å²) in [5.74, 6) is 1.10. The van der Waals surface area contributed by atoms with Crippen molar-refractivity contribution in [3.05, 3.63) is 133 Å². The quantitative estimate of drug-likeness (QED) is 0.191. The lowest BCUT2D eigenvalue weighted by atomic mass is 9.99. The lowest BCUT2D eigenvalue weighted by Crippen LogP contribution is -2.08. The maximum absolute atomic E-state index is 6.23. The average Bonchev–Trinajstić information content (AvgIpc) is 3.75. The molecule has 0 spiro atoms. The monoisotopic (exact) mass is 580 g/mol. The smallest absolute Gasteiger partial charge is 0.134 e. The lowest BCUT2D eigenvalue weighted by molar-refractivity contribution is 0.542. The molecule has 1 atom stereocenters. The zero-order valence-corrected chi connectivity index (χ0v) is 25.0. The van der Waals surface area contributed by atoms with Crippen molar-refractivity contribution in [3.63, 3.8) is 0 Å². The Balaban J connectivity index is 1.14. The number of aromatic nitrogens is 2. The van der Waals surface area contributed by atoms with Gasteiger partial charge in [0.15, 0.2) is 0 Å². The van der Waals surface area contributed by atoms with E-state index in [1.807, 2.05) is 0 Å². The van der Waals surface area contributed by atoms with Crippen LogP contribution in [0, 0.1) is 0 Å². The standard InChI is InChI=1S/C42H32N2O/c1-2-10-29(11-3-1)43-37-15-7-4-12-31(37)34-24-27(18-21-39(34)43)28-19-22-40-35(25-28)32-13-5-8-16-38(32)44(40)30-20-23-42-36(26-30)33-14-6-9-17-41(33)45-42/h2,4-10,12-19,21-22,24-26,29H,1,3,11,20,23H2. The molecule has 3 heterocycles. The van der Waals surface area contributed by atoms with E-state index in [-0.39, 0.29) is 0 Å². The summed E-state index contributed by atoms with van der Waals surface area (Å²) in [6.07, 6.45) is 12.6. The number of para-hydroxylation sites is 3. The number of aryl methyl sites for hydroxylation is 1. The fraction of sp³-hybridized carbons (Fsp3) is 0.143. The van der Waals surface area contributed by atoms with Crippen molar-refractivity contribution in [3.8, 4) is 11.1 Å². The van der Waals surface area contributed by atoms with E-state index in [1.165, 1.54) is 90.6 Å². The van der Waals surface area contributed by atoms with Gasteiger partial charge in [-0.15, -0.1) is 0 Å². The summed E-state index contributed by atoms with van der Waals surface area (Å²) in [5.41, 5.74) is 11.2. The van der Waals surface area contributed by atoms with Crippen LogP contribution in [0.3, 0.4) is 0 Å². The molecule has 10 rings (SSSR count). The van der Waals surface area contributed by atoms with Crippen LogP contribution in [0.15, 0.2) is 126 Å². The second-order valence-corrected chi connectivity index (χ2v) is 12.7. The Bertz CT molecular complexity index is 2530. The minimum atomic E-state index is 0.416. The van der Waals surface area contributed by atoms with Gasteiger partial charge in [0.25, 0.3) is 0 Å². The zero-order chi connectivity index (χ0) is 29.5. The molecule has 2 aliphatic rings. The molecule has 216 valence electrons. The number of allylic oxidation sites excluding steroid dienone is 3. The summed E-state index contributed by atoms with van der Waals surface area (Å²) in [6.45, 7) is 0. The van der Waals surface area contributed by atoms with Gasteiger partial charge in [0.1, 0.15) is 11.3 Å². The maximum atomic E-state index is 6.23. The average molecular weight is 581 g/mol. The number of furan rings is 1. The van der Waals surface area contributed by atoms with Gasteiger partial charge in [-0.25, -0.2) is 0 Å². The van der Waals surface area contributed by atoms with Crippen molar-refractivity contribution >= 4 is 66.4 Å². The normalized spacial score (nSPS) is 16.7. The molecule has 8 aromatic rings. The van der Waals surface area contributed by atoms with E-state index < -0.39 is 0 Å². The van der Waals surface area contributed by atoms with Crippen LogP contribution in [-0.4, -0.2) is 9.13 Å². The molecule has 1 unspecified atom stereocenters. The molecule has 3 heteroatoms. The summed E-state index contributed by atoms with van der Waals surface area (Å²) in [6, 6.07) is 40.7. The number of rotatable bonds is 3. The Morgan fingerprint density at radius 3 is 2.04 bits per heavy atom. The highest BCUT2D eigenvalue weighted by molar-refractivity contribution is 6.13. The first-order valence-corrected chi connectivity index (χ1v) is 16.3. The Hall–Kier alpha value is -5.28. The van der Waals surface area contributed by atoms with Crippen LogP contribution in [0.25, 0.3) is 77.5 Å². The van der Waals surface area contributed by atoms with E-state index in [0.29, 0.717) is 6.04 Å². The SMILES string of the molecule is C1=CC(n2c3ccccc3c3cc(-c4ccc5c(c4)c4ccccc4n5C4=Cc5c(oc6ccccc56)CC4)ccc32)CCC1. The highest BCUT2D eigenvalue weighted by Gasteiger charge is 2.22. The van der Waals surface area contributed by atoms with Crippen LogP contribution in [0.1, 0.15) is 43.0 Å². The van der Waals surface area contributed by atoms with E-state index >= 15 is 0 Å². The molecular weight excluding hydrogens is 548 g/mol. The Morgan fingerprint density at radius 1 is 0.600 bits per heavy atom. The molecule has 3 aromatic heterocycles. The molecule has 3 nitrogen and oxygen atoms in total. The van der Waals surface area contributed by atoms with E-state index in [4.69, 9.17) is 4.42 Å². The molecule has 5 aromatic carbocycles. The number of nitrogens with zero attached hydrogens (tertiary/aromatic N) is 2. The van der Waals surface area contributed by atoms with Crippen LogP contribution in [0.2, 0.25) is 0 Å². The minimum absolute atomic E-state index is 0.416. The minimum Gasteiger partial charge on any atom is -0.460 e. The van der Waals surface area contributed by atoms with Crippen molar-refractivity contribution in [1.82, 2.24) is 9.13 Å². The van der Waals surface area contributed by atoms with Crippen molar-refractivity contribution in [2.45, 2.75) is 38.1 Å². The topological polar surface area (TPSA) is 23.0 Å². The van der Waals surface area contributed by atoms with Gasteiger partial charge in [-0.3, -0.25) is 0 Å². The third-order valence-corrected chi connectivity index (χ3v) is 10.2. The zero-order valence-electron chi connectivity index (χ0n) is 25.0. The first-order chi connectivity index (χ1) is 22.3. The third-order valence-electron chi connectivity index (χ3n) is 10.2. The molecule has 0 N–H and O–H groups in total. The molecule has 0 bridgehead atoms. The van der Waals surface area contributed by atoms with Crippen molar-refractivity contribution in [2.24, 2.45) is 0 Å². The van der Waals surface area contributed by atoms with Crippen LogP contribution in [0.5, 0.6) is 0 Å². The summed E-state index contributed by atoms with van der Waals surface area (Å²) in [7, 11) is 0. The second kappa shape index (κ2) is 9.61. The van der Waals surface area contributed by atoms with Gasteiger partial charge in [0, 0.05) is 55.6 Å². The van der Waals surface area contributed by atoms with Crippen molar-refractivity contribution in [2.75, 3.05) is 0 Å². The van der Waals surface area contributed by atoms with E-state index in [2.05, 4.69) is 137 Å². The summed E-state index contributed by atoms with van der Waals surface area (Å²) < 4.78 is 11.3. The Morgan fingerprint density at radius 2 is 1.24 bits per heavy atom. The molecular formula is C42H32N2O. The molecule has 0 saturated heterocycles. The third kappa shape index (κ3) is 3.70. The van der Waals surface area contributed by atoms with Crippen LogP contribution < -0.4 is 0 Å². The molecule has 0 radical (unpaired) electrons. The summed E-state index contributed by atoms with van der Waals surface area (Å²) in [4.78, 5) is 0. The van der Waals surface area contributed by atoms with E-state index in [9.17, 15) is 0 Å². The Labute approximate surface area is 261 Å². The number of fused-ring (bicyclic) bond motifs is 9. The summed E-state index contributed by atoms with van der Waals surface area (Å²) in [5, 5.41) is 6.45. The van der Waals surface area contributed by atoms with Crippen molar-refractivity contribution in [1.29, 1.82) is 0 Å². The van der Waals surface area contributed by atoms with Crippen molar-refractivity contribution < 1.29 is 4.42 Å². The number of hydrogen-bond acceptors (Lipinski definition) is 1. The predicted molar refractivity (Wildman–Crippen MR) is 189 cm³/mol. The highest BCUT2D eigenvalue weighted by atomic mass is 16.3. The lowest BCUT2D eigenvalue weighted by Gasteiger charge is -2.21. The van der Waals surface area contributed by atoms with Crippen LogP contribution >= 0.6 is 0 Å². The molecule has 2 aliphatic carbocycles. The summed E-state index contributed by atoms with van der Waals surface area (Å²) >= 11 is 0. The number of benzene rings is 5. The highest BCUT2D eigenvalue weighted by Crippen LogP contribution is 2.41. The molecule has 0 saturated carbocycles. The fourth-order valence-electron chi connectivity index (χ4n) is 8.13. The van der Waals surface area contributed by atoms with Gasteiger partial charge in [0.2, 0.25) is 0 Å². The van der Waals surface area contributed by atoms with Gasteiger partial charge in [-0.2, -0.15) is 0 Å². The second-order valence-electron chi connectivity index (χ2n) is 12.7. The largest absolute Gasteiger partial charge is 0.460 e. The predicted octanol–water partition coefficient (Wildman–Crippen LogP) is 11.5. The molecule has 0 aliphatic heterocycles. The van der Waals surface area contributed by atoms with Gasteiger partial charge < -0.3 is 13.6 Å². The first-order valence-electron chi connectivity index (χ1n) is 16.3. The van der Waals surface area contributed by atoms with E-state index in [0.717, 1.165) is 24.2 Å². The Kier molecular flexibility index (Phi) is 5.36. The van der Waals surface area contributed by atoms with Crippen LogP contribution in [0.4, 0.5) is 0 Å². The van der Waals surface area contributed by atoms with Gasteiger partial charge in [0.05, 0.1) is 17.1 Å². The fourth-order valence-corrected chi connectivity index (χ4v) is 8.13. The van der Waals surface area contributed by atoms with Gasteiger partial charge >= 0.3 is 0 Å².